The summed E-state index contributed by atoms with van der Waals surface area (Å²) in [5, 5.41) is 0. The molecule has 11 heavy (non-hydrogen) atoms. The van der Waals surface area contributed by atoms with Crippen molar-refractivity contribution in [3.8, 4) is 0 Å². The minimum atomic E-state index is 0.268. The van der Waals surface area contributed by atoms with Gasteiger partial charge in [0.25, 0.3) is 0 Å². The molecule has 1 heterocycles. The van der Waals surface area contributed by atoms with Crippen molar-refractivity contribution in [3.63, 3.8) is 0 Å². The van der Waals surface area contributed by atoms with Gasteiger partial charge in [0.15, 0.2) is 0 Å². The summed E-state index contributed by atoms with van der Waals surface area (Å²) >= 11 is 0. The van der Waals surface area contributed by atoms with Gasteiger partial charge in [-0.15, -0.1) is 0 Å². The van der Waals surface area contributed by atoms with Crippen molar-refractivity contribution in [1.29, 1.82) is 0 Å². The summed E-state index contributed by atoms with van der Waals surface area (Å²) in [7, 11) is 0. The van der Waals surface area contributed by atoms with Gasteiger partial charge in [-0.3, -0.25) is 0 Å². The molecule has 0 N–H and O–H groups in total. The van der Waals surface area contributed by atoms with Gasteiger partial charge < -0.3 is 4.74 Å². The summed E-state index contributed by atoms with van der Waals surface area (Å²) in [6.45, 7) is 6.70. The van der Waals surface area contributed by atoms with E-state index in [1.54, 1.807) is 0 Å². The predicted molar refractivity (Wildman–Crippen MR) is 45.3 cm³/mol. The van der Waals surface area contributed by atoms with Crippen LogP contribution in [0.3, 0.4) is 0 Å². The number of fused-ring (bicyclic) bond motifs is 1. The first-order valence-corrected chi connectivity index (χ1v) is 4.13. The van der Waals surface area contributed by atoms with E-state index in [2.05, 4.69) is 39.0 Å². The van der Waals surface area contributed by atoms with E-state index in [0.717, 1.165) is 0 Å². The van der Waals surface area contributed by atoms with E-state index in [4.69, 9.17) is 4.74 Å². The van der Waals surface area contributed by atoms with Gasteiger partial charge in [0.05, 0.1) is 0 Å². The average Bonchev–Trinajstić information content (AvgIpc) is 2.60. The normalized spacial score (nSPS) is 34.6. The van der Waals surface area contributed by atoms with E-state index in [0.29, 0.717) is 12.2 Å². The summed E-state index contributed by atoms with van der Waals surface area (Å²) in [6, 6.07) is 0. The Kier molecular flexibility index (Phi) is 1.28. The van der Waals surface area contributed by atoms with Gasteiger partial charge in [-0.2, -0.15) is 0 Å². The highest BCUT2D eigenvalue weighted by Gasteiger charge is 2.44. The molecule has 2 rings (SSSR count). The van der Waals surface area contributed by atoms with Crippen molar-refractivity contribution in [2.24, 2.45) is 5.41 Å². The summed E-state index contributed by atoms with van der Waals surface area (Å²) in [6.07, 6.45) is 7.22. The summed E-state index contributed by atoms with van der Waals surface area (Å²) in [4.78, 5) is 0. The van der Waals surface area contributed by atoms with Crippen LogP contribution in [0.5, 0.6) is 0 Å². The van der Waals surface area contributed by atoms with Gasteiger partial charge in [0, 0.05) is 0 Å². The monoisotopic (exact) mass is 150 g/mol. The van der Waals surface area contributed by atoms with Gasteiger partial charge >= 0.3 is 0 Å². The average molecular weight is 150 g/mol. The van der Waals surface area contributed by atoms with E-state index in [9.17, 15) is 0 Å². The van der Waals surface area contributed by atoms with Gasteiger partial charge in [0.2, 0.25) is 0 Å². The Hall–Kier alpha value is -0.560. The first-order valence-electron chi connectivity index (χ1n) is 4.13. The lowest BCUT2D eigenvalue weighted by atomic mass is 9.82. The molecule has 2 aliphatic rings. The van der Waals surface area contributed by atoms with E-state index in [1.165, 1.54) is 5.57 Å². The highest BCUT2D eigenvalue weighted by molar-refractivity contribution is 5.34. The molecule has 0 radical (unpaired) electrons. The molecule has 1 aliphatic heterocycles. The molecule has 0 bridgehead atoms. The molecule has 0 saturated carbocycles. The van der Waals surface area contributed by atoms with Crippen LogP contribution in [0.2, 0.25) is 0 Å². The lowest BCUT2D eigenvalue weighted by Crippen LogP contribution is -2.16. The SMILES string of the molecule is CC(C)(C)C1=CC=CC2OC12. The molecule has 1 heteroatoms. The first kappa shape index (κ1) is 7.11. The zero-order valence-corrected chi connectivity index (χ0v) is 7.29. The summed E-state index contributed by atoms with van der Waals surface area (Å²) in [5.74, 6) is 0. The molecule has 60 valence electrons. The fourth-order valence-corrected chi connectivity index (χ4v) is 1.56. The van der Waals surface area contributed by atoms with Crippen LogP contribution in [0, 0.1) is 5.41 Å². The van der Waals surface area contributed by atoms with Crippen LogP contribution in [0.15, 0.2) is 23.8 Å². The smallest absolute Gasteiger partial charge is 0.110 e. The molecule has 1 saturated heterocycles. The summed E-state index contributed by atoms with van der Waals surface area (Å²) < 4.78 is 5.46. The molecule has 0 amide bonds. The van der Waals surface area contributed by atoms with Gasteiger partial charge in [-0.25, -0.2) is 0 Å². The maximum absolute atomic E-state index is 5.46. The maximum atomic E-state index is 5.46. The van der Waals surface area contributed by atoms with Gasteiger partial charge in [0.1, 0.15) is 12.2 Å². The highest BCUT2D eigenvalue weighted by Crippen LogP contribution is 2.42. The second kappa shape index (κ2) is 1.98. The Morgan fingerprint density at radius 2 is 2.09 bits per heavy atom. The van der Waals surface area contributed by atoms with Crippen LogP contribution in [0.4, 0.5) is 0 Å². The Bertz CT molecular complexity index is 230. The molecule has 2 atom stereocenters. The molecule has 0 spiro atoms. The second-order valence-electron chi connectivity index (χ2n) is 4.28. The van der Waals surface area contributed by atoms with E-state index < -0.39 is 0 Å². The zero-order valence-electron chi connectivity index (χ0n) is 7.29. The van der Waals surface area contributed by atoms with E-state index in [-0.39, 0.29) is 5.41 Å². The molecule has 1 fully saturated rings. The van der Waals surface area contributed by atoms with E-state index in [1.807, 2.05) is 0 Å². The third-order valence-electron chi connectivity index (χ3n) is 2.27. The fraction of sp³-hybridized carbons (Fsp3) is 0.600. The summed E-state index contributed by atoms with van der Waals surface area (Å²) in [5.41, 5.74) is 1.70. The van der Waals surface area contributed by atoms with Gasteiger partial charge in [-0.05, 0) is 11.0 Å². The number of ether oxygens (including phenoxy) is 1. The molecule has 1 nitrogen and oxygen atoms in total. The molecule has 0 aromatic heterocycles. The molecule has 0 aromatic rings. The van der Waals surface area contributed by atoms with Crippen LogP contribution in [-0.2, 0) is 4.74 Å². The number of rotatable bonds is 0. The van der Waals surface area contributed by atoms with Crippen molar-refractivity contribution in [2.45, 2.75) is 33.0 Å². The Labute approximate surface area is 67.7 Å². The zero-order chi connectivity index (χ0) is 8.06. The lowest BCUT2D eigenvalue weighted by Gasteiger charge is -2.22. The molecule has 0 aromatic carbocycles. The van der Waals surface area contributed by atoms with Crippen LogP contribution >= 0.6 is 0 Å². The molecular weight excluding hydrogens is 136 g/mol. The van der Waals surface area contributed by atoms with Crippen molar-refractivity contribution in [2.75, 3.05) is 0 Å². The number of allylic oxidation sites excluding steroid dienone is 2. The van der Waals surface area contributed by atoms with Crippen molar-refractivity contribution in [3.05, 3.63) is 23.8 Å². The molecule has 2 unspecified atom stereocenters. The predicted octanol–water partition coefficient (Wildman–Crippen LogP) is 2.30. The molecule has 1 aliphatic carbocycles. The third-order valence-corrected chi connectivity index (χ3v) is 2.27. The number of hydrogen-bond donors (Lipinski definition) is 0. The van der Waals surface area contributed by atoms with Crippen molar-refractivity contribution in [1.82, 2.24) is 0 Å². The minimum Gasteiger partial charge on any atom is -0.360 e. The van der Waals surface area contributed by atoms with Crippen molar-refractivity contribution >= 4 is 0 Å². The number of epoxide rings is 1. The van der Waals surface area contributed by atoms with Crippen LogP contribution in [0.1, 0.15) is 20.8 Å². The maximum Gasteiger partial charge on any atom is 0.110 e. The Morgan fingerprint density at radius 1 is 1.36 bits per heavy atom. The quantitative estimate of drug-likeness (QED) is 0.483. The largest absolute Gasteiger partial charge is 0.360 e. The lowest BCUT2D eigenvalue weighted by molar-refractivity contribution is 0.374. The van der Waals surface area contributed by atoms with Crippen LogP contribution in [-0.4, -0.2) is 12.2 Å². The molecular formula is C10H14O. The number of hydrogen-bond acceptors (Lipinski definition) is 1. The van der Waals surface area contributed by atoms with Crippen molar-refractivity contribution < 1.29 is 4.74 Å². The highest BCUT2D eigenvalue weighted by atomic mass is 16.6. The first-order chi connectivity index (χ1) is 5.09. The fourth-order valence-electron chi connectivity index (χ4n) is 1.56. The Morgan fingerprint density at radius 3 is 2.64 bits per heavy atom. The van der Waals surface area contributed by atoms with E-state index >= 15 is 0 Å². The standard InChI is InChI=1S/C10H14O/c1-10(2,3)7-5-4-6-8-9(7)11-8/h4-6,8-9H,1-3H3. The Balaban J connectivity index is 2.26. The van der Waals surface area contributed by atoms with Gasteiger partial charge in [-0.1, -0.05) is 39.0 Å². The second-order valence-corrected chi connectivity index (χ2v) is 4.28. The van der Waals surface area contributed by atoms with Crippen LogP contribution in [0.25, 0.3) is 0 Å². The third kappa shape index (κ3) is 1.14. The topological polar surface area (TPSA) is 12.5 Å². The van der Waals surface area contributed by atoms with Crippen LogP contribution < -0.4 is 0 Å². The minimum absolute atomic E-state index is 0.268.